The Morgan fingerprint density at radius 3 is 2.85 bits per heavy atom. The summed E-state index contributed by atoms with van der Waals surface area (Å²) in [6.07, 6.45) is 2.09. The monoisotopic (exact) mass is 471 g/mol. The van der Waals surface area contributed by atoms with Crippen LogP contribution < -0.4 is 25.9 Å². The van der Waals surface area contributed by atoms with Gasteiger partial charge in [-0.3, -0.25) is 19.7 Å². The van der Waals surface area contributed by atoms with Crippen LogP contribution in [0.5, 0.6) is 0 Å². The molecule has 2 saturated heterocycles. The van der Waals surface area contributed by atoms with E-state index in [0.717, 1.165) is 0 Å². The maximum Gasteiger partial charge on any atom is 0.414 e. The summed E-state index contributed by atoms with van der Waals surface area (Å²) in [4.78, 5) is 43.0. The summed E-state index contributed by atoms with van der Waals surface area (Å²) in [5.74, 6) is -0.700. The zero-order chi connectivity index (χ0) is 24.1. The second-order valence-electron chi connectivity index (χ2n) is 7.91. The largest absolute Gasteiger partial charge is 0.442 e. The van der Waals surface area contributed by atoms with E-state index in [1.807, 2.05) is 4.90 Å². The molecule has 4 amide bonds. The zero-order valence-corrected chi connectivity index (χ0v) is 18.7. The van der Waals surface area contributed by atoms with Crippen LogP contribution in [0.4, 0.5) is 31.0 Å². The van der Waals surface area contributed by atoms with Crippen molar-refractivity contribution in [3.8, 4) is 0 Å². The van der Waals surface area contributed by atoms with Crippen molar-refractivity contribution >= 4 is 35.1 Å². The number of carbonyl (C=O) groups is 3. The molecule has 0 saturated carbocycles. The summed E-state index contributed by atoms with van der Waals surface area (Å²) >= 11 is 0. The molecular weight excluding hydrogens is 445 g/mol. The molecule has 11 nitrogen and oxygen atoms in total. The summed E-state index contributed by atoms with van der Waals surface area (Å²) in [5, 5.41) is 6.83. The first-order valence-corrected chi connectivity index (χ1v) is 10.9. The number of urea groups is 1. The standard InChI is InChI=1S/C22H26FN7O4/c1-15(31)25-13-18-14-29(22(33)34-18)17-4-5-20(19(23)11-17)28-8-7-26-30(10-9-28)21(32)27-16-3-2-6-24-12-16/h2-6,11-12,18,26H,7-10,13-14H2,1H3,(H,25,31)(H,27,32)/t18-/m0/s1. The average molecular weight is 471 g/mol. The van der Waals surface area contributed by atoms with Crippen molar-refractivity contribution in [3.05, 3.63) is 48.5 Å². The number of hydrogen-bond acceptors (Lipinski definition) is 7. The van der Waals surface area contributed by atoms with E-state index in [0.29, 0.717) is 43.2 Å². The first-order chi connectivity index (χ1) is 16.4. The number of aromatic nitrogens is 1. The summed E-state index contributed by atoms with van der Waals surface area (Å²) in [6.45, 7) is 3.46. The lowest BCUT2D eigenvalue weighted by molar-refractivity contribution is -0.119. The lowest BCUT2D eigenvalue weighted by Gasteiger charge is -2.24. The third-order valence-electron chi connectivity index (χ3n) is 5.47. The number of hydrogen-bond donors (Lipinski definition) is 3. The summed E-state index contributed by atoms with van der Waals surface area (Å²) in [7, 11) is 0. The summed E-state index contributed by atoms with van der Waals surface area (Å²) in [5.41, 5.74) is 4.38. The van der Waals surface area contributed by atoms with Crippen LogP contribution >= 0.6 is 0 Å². The normalized spacial score (nSPS) is 18.4. The Hall–Kier alpha value is -3.93. The van der Waals surface area contributed by atoms with Crippen molar-refractivity contribution in [1.82, 2.24) is 20.7 Å². The van der Waals surface area contributed by atoms with Crippen LogP contribution in [0.1, 0.15) is 6.92 Å². The number of hydrazine groups is 1. The molecule has 12 heteroatoms. The smallest absolute Gasteiger partial charge is 0.414 e. The quantitative estimate of drug-likeness (QED) is 0.605. The summed E-state index contributed by atoms with van der Waals surface area (Å²) < 4.78 is 20.3. The van der Waals surface area contributed by atoms with E-state index in [2.05, 4.69) is 21.0 Å². The van der Waals surface area contributed by atoms with E-state index in [-0.39, 0.29) is 25.0 Å². The minimum Gasteiger partial charge on any atom is -0.442 e. The molecule has 2 aliphatic rings. The zero-order valence-electron chi connectivity index (χ0n) is 18.7. The number of benzene rings is 1. The molecule has 1 aromatic carbocycles. The van der Waals surface area contributed by atoms with Gasteiger partial charge in [-0.15, -0.1) is 0 Å². The van der Waals surface area contributed by atoms with Crippen molar-refractivity contribution in [1.29, 1.82) is 0 Å². The topological polar surface area (TPSA) is 119 Å². The molecule has 0 unspecified atom stereocenters. The van der Waals surface area contributed by atoms with E-state index < -0.39 is 18.0 Å². The maximum atomic E-state index is 15.0. The fourth-order valence-corrected chi connectivity index (χ4v) is 3.79. The number of nitrogens with zero attached hydrogens (tertiary/aromatic N) is 4. The second-order valence-corrected chi connectivity index (χ2v) is 7.91. The maximum absolute atomic E-state index is 15.0. The van der Waals surface area contributed by atoms with Crippen LogP contribution in [-0.4, -0.2) is 73.4 Å². The number of anilines is 3. The molecule has 0 spiro atoms. The second kappa shape index (κ2) is 10.3. The molecule has 2 aromatic rings. The highest BCUT2D eigenvalue weighted by molar-refractivity contribution is 5.90. The highest BCUT2D eigenvalue weighted by Crippen LogP contribution is 2.28. The van der Waals surface area contributed by atoms with Crippen molar-refractivity contribution in [3.63, 3.8) is 0 Å². The van der Waals surface area contributed by atoms with Gasteiger partial charge in [0.1, 0.15) is 11.9 Å². The molecule has 0 bridgehead atoms. The molecular formula is C22H26FN7O4. The van der Waals surface area contributed by atoms with Crippen molar-refractivity contribution < 1.29 is 23.5 Å². The van der Waals surface area contributed by atoms with Crippen molar-refractivity contribution in [2.24, 2.45) is 0 Å². The van der Waals surface area contributed by atoms with Gasteiger partial charge in [-0.05, 0) is 30.3 Å². The SMILES string of the molecule is CC(=O)NC[C@H]1CN(c2ccc(N3CCNN(C(=O)Nc4cccnc4)CC3)c(F)c2)C(=O)O1. The first kappa shape index (κ1) is 23.2. The number of pyridine rings is 1. The van der Waals surface area contributed by atoms with Gasteiger partial charge in [0.15, 0.2) is 0 Å². The highest BCUT2D eigenvalue weighted by atomic mass is 19.1. The number of halogens is 1. The van der Waals surface area contributed by atoms with Gasteiger partial charge < -0.3 is 20.3 Å². The van der Waals surface area contributed by atoms with Crippen LogP contribution in [0.15, 0.2) is 42.7 Å². The molecule has 3 N–H and O–H groups in total. The van der Waals surface area contributed by atoms with Gasteiger partial charge in [-0.25, -0.2) is 19.4 Å². The van der Waals surface area contributed by atoms with Gasteiger partial charge in [0, 0.05) is 32.8 Å². The fourth-order valence-electron chi connectivity index (χ4n) is 3.79. The highest BCUT2D eigenvalue weighted by Gasteiger charge is 2.33. The Balaban J connectivity index is 1.37. The molecule has 1 aromatic heterocycles. The molecule has 4 rings (SSSR count). The van der Waals surface area contributed by atoms with E-state index in [9.17, 15) is 14.4 Å². The molecule has 1 atom stereocenters. The van der Waals surface area contributed by atoms with Crippen molar-refractivity contribution in [2.45, 2.75) is 13.0 Å². The number of cyclic esters (lactones) is 1. The molecule has 34 heavy (non-hydrogen) atoms. The minimum atomic E-state index is -0.586. The third-order valence-corrected chi connectivity index (χ3v) is 5.47. The minimum absolute atomic E-state index is 0.198. The molecule has 180 valence electrons. The van der Waals surface area contributed by atoms with Crippen LogP contribution in [-0.2, 0) is 9.53 Å². The van der Waals surface area contributed by atoms with E-state index in [1.165, 1.54) is 22.9 Å². The Kier molecular flexibility index (Phi) is 7.07. The molecule has 0 radical (unpaired) electrons. The predicted octanol–water partition coefficient (Wildman–Crippen LogP) is 1.54. The number of amides is 4. The van der Waals surface area contributed by atoms with Gasteiger partial charge in [0.2, 0.25) is 5.91 Å². The number of ether oxygens (including phenoxy) is 1. The molecule has 0 aliphatic carbocycles. The van der Waals surface area contributed by atoms with Crippen LogP contribution in [0.25, 0.3) is 0 Å². The molecule has 3 heterocycles. The lowest BCUT2D eigenvalue weighted by atomic mass is 10.2. The van der Waals surface area contributed by atoms with E-state index >= 15 is 4.39 Å². The molecule has 2 fully saturated rings. The fraction of sp³-hybridized carbons (Fsp3) is 0.364. The number of nitrogens with one attached hydrogen (secondary N) is 3. The predicted molar refractivity (Wildman–Crippen MR) is 123 cm³/mol. The Morgan fingerprint density at radius 1 is 1.26 bits per heavy atom. The number of carbonyl (C=O) groups excluding carboxylic acids is 3. The number of rotatable bonds is 5. The van der Waals surface area contributed by atoms with Gasteiger partial charge in [-0.2, -0.15) is 0 Å². The lowest BCUT2D eigenvalue weighted by Crippen LogP contribution is -2.46. The Labute approximate surface area is 195 Å². The van der Waals surface area contributed by atoms with Gasteiger partial charge in [0.05, 0.1) is 42.9 Å². The Bertz CT molecular complexity index is 1050. The summed E-state index contributed by atoms with van der Waals surface area (Å²) in [6, 6.07) is 7.71. The van der Waals surface area contributed by atoms with Crippen LogP contribution in [0.2, 0.25) is 0 Å². The van der Waals surface area contributed by atoms with E-state index in [4.69, 9.17) is 4.74 Å². The van der Waals surface area contributed by atoms with Gasteiger partial charge >= 0.3 is 12.1 Å². The third kappa shape index (κ3) is 5.52. The van der Waals surface area contributed by atoms with Crippen molar-refractivity contribution in [2.75, 3.05) is 54.4 Å². The Morgan fingerprint density at radius 2 is 2.12 bits per heavy atom. The van der Waals surface area contributed by atoms with Gasteiger partial charge in [0.25, 0.3) is 0 Å². The van der Waals surface area contributed by atoms with E-state index in [1.54, 1.807) is 36.7 Å². The molecule has 2 aliphatic heterocycles. The average Bonchev–Trinajstić information content (AvgIpc) is 3.02. The first-order valence-electron chi connectivity index (χ1n) is 10.9. The van der Waals surface area contributed by atoms with Gasteiger partial charge in [-0.1, -0.05) is 0 Å². The van der Waals surface area contributed by atoms with Crippen LogP contribution in [0.3, 0.4) is 0 Å². The van der Waals surface area contributed by atoms with Crippen LogP contribution in [0, 0.1) is 5.82 Å².